The molecule has 4 nitrogen and oxygen atoms in total. The van der Waals surface area contributed by atoms with Crippen molar-refractivity contribution in [1.82, 2.24) is 0 Å². The first kappa shape index (κ1) is 20.2. The molecule has 0 saturated carbocycles. The van der Waals surface area contributed by atoms with Gasteiger partial charge < -0.3 is 27.0 Å². The van der Waals surface area contributed by atoms with Gasteiger partial charge >= 0.3 is 0 Å². The van der Waals surface area contributed by atoms with Crippen molar-refractivity contribution in [2.45, 2.75) is 33.7 Å². The number of nitrogens with zero attached hydrogens (tertiary/aromatic N) is 1. The van der Waals surface area contributed by atoms with E-state index in [4.69, 9.17) is 4.74 Å². The number of hydrogen-bond donors (Lipinski definition) is 1. The highest BCUT2D eigenvalue weighted by molar-refractivity contribution is 5.90. The molecule has 0 aliphatic carbocycles. The predicted octanol–water partition coefficient (Wildman–Crippen LogP) is 0.350. The average Bonchev–Trinajstić information content (AvgIpc) is 2.53. The molecule has 2 rings (SSSR count). The Kier molecular flexibility index (Phi) is 8.47. The number of pyridine rings is 1. The van der Waals surface area contributed by atoms with Crippen LogP contribution < -0.4 is 31.6 Å². The van der Waals surface area contributed by atoms with Crippen molar-refractivity contribution < 1.29 is 31.1 Å². The third-order valence-corrected chi connectivity index (χ3v) is 3.38. The Morgan fingerprint density at radius 2 is 1.75 bits per heavy atom. The monoisotopic (exact) mass is 392 g/mol. The summed E-state index contributed by atoms with van der Waals surface area (Å²) >= 11 is 0. The second-order valence-electron chi connectivity index (χ2n) is 6.14. The fourth-order valence-electron chi connectivity index (χ4n) is 2.03. The summed E-state index contributed by atoms with van der Waals surface area (Å²) in [5.41, 5.74) is 2.01. The van der Waals surface area contributed by atoms with Gasteiger partial charge in [0.05, 0.1) is 13.0 Å². The van der Waals surface area contributed by atoms with E-state index in [1.807, 2.05) is 60.3 Å². The smallest absolute Gasteiger partial charge is 0.230 e. The molecule has 0 unspecified atom stereocenters. The van der Waals surface area contributed by atoms with Crippen LogP contribution in [0, 0.1) is 12.8 Å². The van der Waals surface area contributed by atoms with Crippen molar-refractivity contribution in [2.24, 2.45) is 5.92 Å². The predicted molar refractivity (Wildman–Crippen MR) is 91.4 cm³/mol. The maximum absolute atomic E-state index is 12.0. The minimum Gasteiger partial charge on any atom is -1.00 e. The maximum atomic E-state index is 12.0. The molecular weight excluding hydrogens is 368 g/mol. The number of carbonyl (C=O) groups excluding carboxylic acids is 1. The topological polar surface area (TPSA) is 42.2 Å². The molecule has 1 aromatic carbocycles. The molecule has 0 bridgehead atoms. The number of anilines is 1. The highest BCUT2D eigenvalue weighted by Gasteiger charge is 2.07. The Morgan fingerprint density at radius 1 is 1.12 bits per heavy atom. The molecular formula is C19H25BrN2O2. The molecule has 0 aliphatic rings. The molecule has 5 heteroatoms. The first-order valence-electron chi connectivity index (χ1n) is 8.01. The lowest BCUT2D eigenvalue weighted by Gasteiger charge is -2.09. The highest BCUT2D eigenvalue weighted by atomic mass is 79.9. The lowest BCUT2D eigenvalue weighted by molar-refractivity contribution is -0.695. The fourth-order valence-corrected chi connectivity index (χ4v) is 2.03. The molecule has 0 aliphatic heterocycles. The summed E-state index contributed by atoms with van der Waals surface area (Å²) < 4.78 is 7.64. The number of nitrogens with one attached hydrogen (secondary N) is 1. The van der Waals surface area contributed by atoms with E-state index < -0.39 is 0 Å². The molecule has 0 saturated heterocycles. The van der Waals surface area contributed by atoms with Gasteiger partial charge in [0.2, 0.25) is 5.91 Å². The summed E-state index contributed by atoms with van der Waals surface area (Å²) in [5, 5.41) is 2.91. The minimum absolute atomic E-state index is 0. The van der Waals surface area contributed by atoms with Crippen LogP contribution in [0.1, 0.15) is 25.8 Å². The van der Waals surface area contributed by atoms with Crippen LogP contribution in [-0.2, 0) is 11.3 Å². The van der Waals surface area contributed by atoms with Gasteiger partial charge in [0.1, 0.15) is 5.75 Å². The van der Waals surface area contributed by atoms with Gasteiger partial charge in [-0.3, -0.25) is 4.79 Å². The summed E-state index contributed by atoms with van der Waals surface area (Å²) in [5.74, 6) is 1.33. The van der Waals surface area contributed by atoms with E-state index in [1.165, 1.54) is 5.56 Å². The van der Waals surface area contributed by atoms with E-state index >= 15 is 0 Å². The minimum atomic E-state index is 0. The zero-order valence-corrected chi connectivity index (χ0v) is 16.0. The number of halogens is 1. The van der Waals surface area contributed by atoms with Crippen LogP contribution in [0.2, 0.25) is 0 Å². The number of aromatic nitrogens is 1. The summed E-state index contributed by atoms with van der Waals surface area (Å²) in [6.07, 6.45) is 4.42. The second kappa shape index (κ2) is 10.1. The van der Waals surface area contributed by atoms with Crippen molar-refractivity contribution in [3.05, 3.63) is 54.4 Å². The van der Waals surface area contributed by atoms with E-state index in [9.17, 15) is 4.79 Å². The fraction of sp³-hybridized carbons (Fsp3) is 0.368. The third-order valence-electron chi connectivity index (χ3n) is 3.38. The summed E-state index contributed by atoms with van der Waals surface area (Å²) in [6.45, 7) is 7.63. The van der Waals surface area contributed by atoms with Crippen LogP contribution in [0.25, 0.3) is 0 Å². The van der Waals surface area contributed by atoms with Gasteiger partial charge in [0, 0.05) is 17.8 Å². The van der Waals surface area contributed by atoms with Gasteiger partial charge in [-0.1, -0.05) is 13.8 Å². The standard InChI is InChI=1S/C19H24N2O2.BrH/c1-15(2)14-23-18-6-4-17(5-7-18)20-19(22)10-13-21-11-8-16(3)9-12-21;/h4-9,11-12,15H,10,13-14H2,1-3H3;1H. The molecule has 24 heavy (non-hydrogen) atoms. The molecule has 0 fully saturated rings. The Balaban J connectivity index is 0.00000288. The quantitative estimate of drug-likeness (QED) is 0.690. The van der Waals surface area contributed by atoms with Gasteiger partial charge in [-0.05, 0) is 42.7 Å². The first-order valence-corrected chi connectivity index (χ1v) is 8.01. The SMILES string of the molecule is Cc1cc[n+](CCC(=O)Nc2ccc(OCC(C)C)cc2)cc1.[Br-]. The molecule has 1 N–H and O–H groups in total. The third kappa shape index (κ3) is 7.13. The summed E-state index contributed by atoms with van der Waals surface area (Å²) in [6, 6.07) is 11.6. The van der Waals surface area contributed by atoms with Crippen molar-refractivity contribution in [2.75, 3.05) is 11.9 Å². The Labute approximate surface area is 154 Å². The summed E-state index contributed by atoms with van der Waals surface area (Å²) in [4.78, 5) is 12.0. The van der Waals surface area contributed by atoms with Gasteiger partial charge in [0.15, 0.2) is 18.9 Å². The van der Waals surface area contributed by atoms with E-state index in [0.29, 0.717) is 25.5 Å². The maximum Gasteiger partial charge on any atom is 0.230 e. The molecule has 2 aromatic rings. The van der Waals surface area contributed by atoms with Gasteiger partial charge in [-0.25, -0.2) is 4.57 Å². The Hall–Kier alpha value is -1.88. The van der Waals surface area contributed by atoms with Crippen molar-refractivity contribution in [3.8, 4) is 5.75 Å². The molecule has 0 spiro atoms. The molecule has 1 aromatic heterocycles. The number of aryl methyl sites for hydroxylation is 2. The van der Waals surface area contributed by atoms with Crippen LogP contribution in [0.15, 0.2) is 48.8 Å². The van der Waals surface area contributed by atoms with Crippen LogP contribution in [0.5, 0.6) is 5.75 Å². The van der Waals surface area contributed by atoms with Crippen LogP contribution in [0.3, 0.4) is 0 Å². The molecule has 1 amide bonds. The Morgan fingerprint density at radius 3 is 2.33 bits per heavy atom. The highest BCUT2D eigenvalue weighted by Crippen LogP contribution is 2.16. The normalized spacial score (nSPS) is 10.2. The molecule has 0 atom stereocenters. The van der Waals surface area contributed by atoms with Crippen LogP contribution in [-0.4, -0.2) is 12.5 Å². The van der Waals surface area contributed by atoms with Crippen LogP contribution in [0.4, 0.5) is 5.69 Å². The van der Waals surface area contributed by atoms with E-state index in [-0.39, 0.29) is 22.9 Å². The molecule has 1 heterocycles. The molecule has 0 radical (unpaired) electrons. The number of rotatable bonds is 7. The van der Waals surface area contributed by atoms with Crippen molar-refractivity contribution in [1.29, 1.82) is 0 Å². The lowest BCUT2D eigenvalue weighted by Crippen LogP contribution is -3.00. The van der Waals surface area contributed by atoms with E-state index in [2.05, 4.69) is 19.2 Å². The van der Waals surface area contributed by atoms with Gasteiger partial charge in [-0.2, -0.15) is 0 Å². The van der Waals surface area contributed by atoms with Crippen molar-refractivity contribution >= 4 is 11.6 Å². The lowest BCUT2D eigenvalue weighted by atomic mass is 10.2. The average molecular weight is 393 g/mol. The summed E-state index contributed by atoms with van der Waals surface area (Å²) in [7, 11) is 0. The van der Waals surface area contributed by atoms with E-state index in [0.717, 1.165) is 11.4 Å². The van der Waals surface area contributed by atoms with Gasteiger partial charge in [0.25, 0.3) is 0 Å². The zero-order chi connectivity index (χ0) is 16.7. The van der Waals surface area contributed by atoms with E-state index in [1.54, 1.807) is 0 Å². The van der Waals surface area contributed by atoms with Crippen LogP contribution >= 0.6 is 0 Å². The number of ether oxygens (including phenoxy) is 1. The zero-order valence-electron chi connectivity index (χ0n) is 14.5. The second-order valence-corrected chi connectivity index (χ2v) is 6.14. The first-order chi connectivity index (χ1) is 11.0. The van der Waals surface area contributed by atoms with Gasteiger partial charge in [-0.15, -0.1) is 0 Å². The molecule has 130 valence electrons. The number of carbonyl (C=O) groups is 1. The Bertz CT molecular complexity index is 625. The largest absolute Gasteiger partial charge is 1.00 e. The number of benzene rings is 1. The number of hydrogen-bond acceptors (Lipinski definition) is 2. The van der Waals surface area contributed by atoms with Crippen molar-refractivity contribution in [3.63, 3.8) is 0 Å². The number of amides is 1.